The smallest absolute Gasteiger partial charge is 0.320 e. The van der Waals surface area contributed by atoms with Crippen LogP contribution in [0.4, 0.5) is 4.79 Å². The average Bonchev–Trinajstić information content (AvgIpc) is 2.39. The maximum atomic E-state index is 12.2. The number of urea groups is 1. The zero-order valence-electron chi connectivity index (χ0n) is 9.65. The zero-order valence-corrected chi connectivity index (χ0v) is 9.65. The molecule has 2 aliphatic rings. The van der Waals surface area contributed by atoms with E-state index < -0.39 is 0 Å². The van der Waals surface area contributed by atoms with E-state index in [9.17, 15) is 9.59 Å². The molecule has 0 aromatic heterocycles. The van der Waals surface area contributed by atoms with Crippen LogP contribution in [0.25, 0.3) is 0 Å². The Morgan fingerprint density at radius 1 is 1.00 bits per heavy atom. The molecule has 2 heterocycles. The predicted octanol–water partition coefficient (Wildman–Crippen LogP) is 1.56. The van der Waals surface area contributed by atoms with Gasteiger partial charge in [-0.2, -0.15) is 0 Å². The minimum absolute atomic E-state index is 0.0488. The third kappa shape index (κ3) is 2.36. The number of hydrogen-bond donors (Lipinski definition) is 0. The van der Waals surface area contributed by atoms with Gasteiger partial charge in [-0.15, -0.1) is 0 Å². The fourth-order valence-electron chi connectivity index (χ4n) is 2.55. The number of hydrogen-bond acceptors (Lipinski definition) is 2. The summed E-state index contributed by atoms with van der Waals surface area (Å²) in [5.74, 6) is 0. The molecule has 2 saturated heterocycles. The van der Waals surface area contributed by atoms with Crippen molar-refractivity contribution in [3.63, 3.8) is 0 Å². The second-order valence-electron chi connectivity index (χ2n) is 4.65. The Balaban J connectivity index is 1.97. The van der Waals surface area contributed by atoms with E-state index in [0.29, 0.717) is 0 Å². The molecule has 1 atom stereocenters. The van der Waals surface area contributed by atoms with Crippen LogP contribution < -0.4 is 0 Å². The summed E-state index contributed by atoms with van der Waals surface area (Å²) in [6, 6.07) is -0.254. The van der Waals surface area contributed by atoms with Crippen LogP contribution in [0.2, 0.25) is 0 Å². The van der Waals surface area contributed by atoms with Gasteiger partial charge in [0.2, 0.25) is 6.29 Å². The number of carbonyl (C=O) groups is 1. The molecule has 0 unspecified atom stereocenters. The molecule has 0 aliphatic carbocycles. The molecular formula is C12H19N2O2. The minimum atomic E-state index is -0.303. The zero-order chi connectivity index (χ0) is 11.4. The Morgan fingerprint density at radius 3 is 2.38 bits per heavy atom. The van der Waals surface area contributed by atoms with E-state index in [1.54, 1.807) is 4.90 Å². The van der Waals surface area contributed by atoms with E-state index in [4.69, 9.17) is 0 Å². The number of rotatable bonds is 1. The van der Waals surface area contributed by atoms with Gasteiger partial charge in [0.25, 0.3) is 0 Å². The first kappa shape index (κ1) is 11.4. The maximum absolute atomic E-state index is 12.2. The van der Waals surface area contributed by atoms with Gasteiger partial charge in [-0.1, -0.05) is 0 Å². The molecule has 89 valence electrons. The summed E-state index contributed by atoms with van der Waals surface area (Å²) in [6.45, 7) is 2.41. The van der Waals surface area contributed by atoms with Crippen molar-refractivity contribution in [2.45, 2.75) is 44.6 Å². The summed E-state index contributed by atoms with van der Waals surface area (Å²) in [6.07, 6.45) is 8.23. The van der Waals surface area contributed by atoms with Gasteiger partial charge in [-0.25, -0.2) is 4.79 Å². The van der Waals surface area contributed by atoms with Gasteiger partial charge in [-0.05, 0) is 38.5 Å². The van der Waals surface area contributed by atoms with Crippen molar-refractivity contribution < 1.29 is 9.59 Å². The third-order valence-corrected chi connectivity index (χ3v) is 3.51. The summed E-state index contributed by atoms with van der Waals surface area (Å²) in [7, 11) is 0. The lowest BCUT2D eigenvalue weighted by molar-refractivity contribution is 0.124. The van der Waals surface area contributed by atoms with Gasteiger partial charge in [0.05, 0.1) is 6.04 Å². The van der Waals surface area contributed by atoms with Crippen molar-refractivity contribution in [3.05, 3.63) is 0 Å². The number of carbonyl (C=O) groups excluding carboxylic acids is 2. The highest BCUT2D eigenvalue weighted by Gasteiger charge is 2.30. The monoisotopic (exact) mass is 223 g/mol. The average molecular weight is 223 g/mol. The summed E-state index contributed by atoms with van der Waals surface area (Å²) in [5, 5.41) is 0. The first-order chi connectivity index (χ1) is 7.83. The van der Waals surface area contributed by atoms with E-state index in [2.05, 4.69) is 0 Å². The Hall–Kier alpha value is -1.06. The molecule has 0 N–H and O–H groups in total. The molecule has 2 fully saturated rings. The van der Waals surface area contributed by atoms with E-state index in [0.717, 1.165) is 51.7 Å². The van der Waals surface area contributed by atoms with Crippen molar-refractivity contribution in [2.75, 3.05) is 19.6 Å². The predicted molar refractivity (Wildman–Crippen MR) is 60.9 cm³/mol. The number of likely N-dealkylation sites (tertiary alicyclic amines) is 2. The van der Waals surface area contributed by atoms with Crippen LogP contribution >= 0.6 is 0 Å². The molecule has 0 aromatic rings. The Bertz CT molecular complexity index is 262. The fraction of sp³-hybridized carbons (Fsp3) is 0.833. The van der Waals surface area contributed by atoms with Gasteiger partial charge < -0.3 is 9.80 Å². The second-order valence-corrected chi connectivity index (χ2v) is 4.65. The van der Waals surface area contributed by atoms with Gasteiger partial charge in [0.15, 0.2) is 0 Å². The molecule has 2 aliphatic heterocycles. The minimum Gasteiger partial charge on any atom is -0.325 e. The van der Waals surface area contributed by atoms with Crippen LogP contribution in [-0.4, -0.2) is 47.8 Å². The SMILES string of the molecule is O=[C][C@@H]1CCCCN1C(=O)N1CCCCC1. The van der Waals surface area contributed by atoms with Gasteiger partial charge >= 0.3 is 6.03 Å². The number of piperidine rings is 2. The number of amides is 2. The highest BCUT2D eigenvalue weighted by atomic mass is 16.2. The van der Waals surface area contributed by atoms with Crippen LogP contribution in [0, 0.1) is 0 Å². The van der Waals surface area contributed by atoms with E-state index in [-0.39, 0.29) is 12.1 Å². The van der Waals surface area contributed by atoms with Crippen LogP contribution in [0.3, 0.4) is 0 Å². The van der Waals surface area contributed by atoms with Crippen LogP contribution in [0.15, 0.2) is 0 Å². The molecule has 0 bridgehead atoms. The standard InChI is InChI=1S/C12H19N2O2/c15-10-11-6-2-5-9-14(11)12(16)13-7-3-1-4-8-13/h11H,1-9H2/t11-/m0/s1. The number of nitrogens with zero attached hydrogens (tertiary/aromatic N) is 2. The molecule has 2 amide bonds. The van der Waals surface area contributed by atoms with Crippen molar-refractivity contribution >= 4 is 12.3 Å². The summed E-state index contributed by atoms with van der Waals surface area (Å²) in [5.41, 5.74) is 0. The molecule has 4 heteroatoms. The molecule has 0 saturated carbocycles. The first-order valence-electron chi connectivity index (χ1n) is 6.26. The lowest BCUT2D eigenvalue weighted by Crippen LogP contribution is -2.52. The maximum Gasteiger partial charge on any atom is 0.320 e. The van der Waals surface area contributed by atoms with Crippen LogP contribution in [-0.2, 0) is 4.79 Å². The highest BCUT2D eigenvalue weighted by Crippen LogP contribution is 2.19. The van der Waals surface area contributed by atoms with E-state index in [1.165, 1.54) is 6.42 Å². The third-order valence-electron chi connectivity index (χ3n) is 3.51. The Kier molecular flexibility index (Phi) is 3.80. The van der Waals surface area contributed by atoms with E-state index in [1.807, 2.05) is 11.2 Å². The molecule has 0 aromatic carbocycles. The van der Waals surface area contributed by atoms with Gasteiger partial charge in [0.1, 0.15) is 0 Å². The summed E-state index contributed by atoms with van der Waals surface area (Å²) < 4.78 is 0. The highest BCUT2D eigenvalue weighted by molar-refractivity contribution is 5.78. The van der Waals surface area contributed by atoms with E-state index >= 15 is 0 Å². The molecular weight excluding hydrogens is 204 g/mol. The van der Waals surface area contributed by atoms with Crippen LogP contribution in [0.1, 0.15) is 38.5 Å². The van der Waals surface area contributed by atoms with Gasteiger partial charge in [-0.3, -0.25) is 4.79 Å². The lowest BCUT2D eigenvalue weighted by Gasteiger charge is -2.37. The van der Waals surface area contributed by atoms with Crippen molar-refractivity contribution in [1.29, 1.82) is 0 Å². The normalized spacial score (nSPS) is 26.6. The lowest BCUT2D eigenvalue weighted by atomic mass is 10.0. The molecule has 1 radical (unpaired) electrons. The summed E-state index contributed by atoms with van der Waals surface area (Å²) in [4.78, 5) is 26.6. The fourth-order valence-corrected chi connectivity index (χ4v) is 2.55. The second kappa shape index (κ2) is 5.32. The van der Waals surface area contributed by atoms with Crippen molar-refractivity contribution in [1.82, 2.24) is 9.80 Å². The topological polar surface area (TPSA) is 40.6 Å². The summed E-state index contributed by atoms with van der Waals surface area (Å²) >= 11 is 0. The first-order valence-corrected chi connectivity index (χ1v) is 6.26. The van der Waals surface area contributed by atoms with Crippen LogP contribution in [0.5, 0.6) is 0 Å². The van der Waals surface area contributed by atoms with Crippen molar-refractivity contribution in [2.24, 2.45) is 0 Å². The molecule has 2 rings (SSSR count). The van der Waals surface area contributed by atoms with Crippen molar-refractivity contribution in [3.8, 4) is 0 Å². The Labute approximate surface area is 96.6 Å². The largest absolute Gasteiger partial charge is 0.325 e. The molecule has 16 heavy (non-hydrogen) atoms. The molecule has 4 nitrogen and oxygen atoms in total. The van der Waals surface area contributed by atoms with Gasteiger partial charge in [0, 0.05) is 19.6 Å². The molecule has 0 spiro atoms. The Morgan fingerprint density at radius 2 is 1.69 bits per heavy atom. The quantitative estimate of drug-likeness (QED) is 0.677.